The standard InChI is InChI=1S/C10H8ClF3O3/c1-16-7-3-2-4-8(17-10(12,13)14)9(7)6(15)5-11/h2-4H,5H2,1H3. The minimum absolute atomic E-state index is 0.0163. The lowest BCUT2D eigenvalue weighted by Gasteiger charge is -2.14. The largest absolute Gasteiger partial charge is 0.573 e. The highest BCUT2D eigenvalue weighted by Crippen LogP contribution is 2.32. The van der Waals surface area contributed by atoms with E-state index in [9.17, 15) is 18.0 Å². The van der Waals surface area contributed by atoms with Crippen molar-refractivity contribution < 1.29 is 27.4 Å². The molecule has 0 N–H and O–H groups in total. The highest BCUT2D eigenvalue weighted by molar-refractivity contribution is 6.31. The quantitative estimate of drug-likeness (QED) is 0.622. The maximum atomic E-state index is 12.1. The molecule has 0 aliphatic rings. The second kappa shape index (κ2) is 5.27. The van der Waals surface area contributed by atoms with Gasteiger partial charge < -0.3 is 9.47 Å². The number of rotatable bonds is 4. The molecule has 0 heterocycles. The SMILES string of the molecule is COc1cccc(OC(F)(F)F)c1C(=O)CCl. The number of benzene rings is 1. The van der Waals surface area contributed by atoms with Gasteiger partial charge in [0, 0.05) is 0 Å². The van der Waals surface area contributed by atoms with Gasteiger partial charge in [-0.25, -0.2) is 0 Å². The lowest BCUT2D eigenvalue weighted by atomic mass is 10.1. The first-order chi connectivity index (χ1) is 7.89. The van der Waals surface area contributed by atoms with Crippen molar-refractivity contribution in [1.82, 2.24) is 0 Å². The summed E-state index contributed by atoms with van der Waals surface area (Å²) in [4.78, 5) is 11.4. The van der Waals surface area contributed by atoms with Gasteiger partial charge in [-0.15, -0.1) is 24.8 Å². The molecule has 17 heavy (non-hydrogen) atoms. The topological polar surface area (TPSA) is 35.5 Å². The fourth-order valence-electron chi connectivity index (χ4n) is 1.23. The Kier molecular flexibility index (Phi) is 4.22. The Bertz CT molecular complexity index is 418. The zero-order valence-corrected chi connectivity index (χ0v) is 9.43. The number of hydrogen-bond donors (Lipinski definition) is 0. The molecule has 0 aromatic heterocycles. The summed E-state index contributed by atoms with van der Waals surface area (Å²) in [6, 6.07) is 3.66. The molecule has 1 aromatic carbocycles. The Morgan fingerprint density at radius 3 is 2.41 bits per heavy atom. The molecule has 0 fully saturated rings. The maximum Gasteiger partial charge on any atom is 0.573 e. The highest BCUT2D eigenvalue weighted by atomic mass is 35.5. The molecular formula is C10H8ClF3O3. The third-order valence-corrected chi connectivity index (χ3v) is 2.08. The van der Waals surface area contributed by atoms with Gasteiger partial charge in [-0.3, -0.25) is 4.79 Å². The molecule has 0 atom stereocenters. The molecule has 0 saturated heterocycles. The minimum atomic E-state index is -4.88. The third kappa shape index (κ3) is 3.52. The van der Waals surface area contributed by atoms with Crippen LogP contribution in [0, 0.1) is 0 Å². The van der Waals surface area contributed by atoms with Gasteiger partial charge in [0.1, 0.15) is 17.1 Å². The summed E-state index contributed by atoms with van der Waals surface area (Å²) in [5.74, 6) is -1.81. The van der Waals surface area contributed by atoms with Crippen LogP contribution in [0.2, 0.25) is 0 Å². The van der Waals surface area contributed by atoms with Crippen molar-refractivity contribution in [1.29, 1.82) is 0 Å². The van der Waals surface area contributed by atoms with Crippen LogP contribution in [0.4, 0.5) is 13.2 Å². The second-order valence-electron chi connectivity index (χ2n) is 2.94. The average Bonchev–Trinajstić information content (AvgIpc) is 2.25. The van der Waals surface area contributed by atoms with E-state index in [1.54, 1.807) is 0 Å². The van der Waals surface area contributed by atoms with Crippen LogP contribution in [-0.4, -0.2) is 25.1 Å². The first-order valence-electron chi connectivity index (χ1n) is 4.41. The summed E-state index contributed by atoms with van der Waals surface area (Å²) >= 11 is 5.32. The van der Waals surface area contributed by atoms with E-state index in [0.717, 1.165) is 6.07 Å². The van der Waals surface area contributed by atoms with Crippen LogP contribution >= 0.6 is 11.6 Å². The number of ether oxygens (including phenoxy) is 2. The molecule has 0 saturated carbocycles. The van der Waals surface area contributed by atoms with Crippen LogP contribution in [0.5, 0.6) is 11.5 Å². The Morgan fingerprint density at radius 2 is 1.94 bits per heavy atom. The number of ketones is 1. The zero-order valence-electron chi connectivity index (χ0n) is 8.68. The second-order valence-corrected chi connectivity index (χ2v) is 3.21. The van der Waals surface area contributed by atoms with Crippen molar-refractivity contribution in [2.75, 3.05) is 13.0 Å². The Morgan fingerprint density at radius 1 is 1.35 bits per heavy atom. The van der Waals surface area contributed by atoms with Gasteiger partial charge >= 0.3 is 6.36 Å². The summed E-state index contributed by atoms with van der Waals surface area (Å²) in [5, 5.41) is 0. The van der Waals surface area contributed by atoms with Gasteiger partial charge in [0.15, 0.2) is 5.78 Å². The van der Waals surface area contributed by atoms with Gasteiger partial charge in [-0.05, 0) is 12.1 Å². The van der Waals surface area contributed by atoms with Crippen LogP contribution < -0.4 is 9.47 Å². The summed E-state index contributed by atoms with van der Waals surface area (Å²) in [6.45, 7) is 0. The normalized spacial score (nSPS) is 11.1. The van der Waals surface area contributed by atoms with Crippen LogP contribution in [0.15, 0.2) is 18.2 Å². The molecule has 94 valence electrons. The fraction of sp³-hybridized carbons (Fsp3) is 0.300. The zero-order chi connectivity index (χ0) is 13.1. The van der Waals surface area contributed by atoms with Crippen LogP contribution in [0.1, 0.15) is 10.4 Å². The molecule has 0 aliphatic carbocycles. The fourth-order valence-corrected chi connectivity index (χ4v) is 1.37. The van der Waals surface area contributed by atoms with Gasteiger partial charge in [0.05, 0.1) is 13.0 Å². The van der Waals surface area contributed by atoms with Crippen molar-refractivity contribution in [2.24, 2.45) is 0 Å². The molecule has 3 nitrogen and oxygen atoms in total. The molecule has 0 unspecified atom stereocenters. The van der Waals surface area contributed by atoms with E-state index in [4.69, 9.17) is 16.3 Å². The number of alkyl halides is 4. The average molecular weight is 269 g/mol. The molecule has 0 amide bonds. The van der Waals surface area contributed by atoms with Gasteiger partial charge in [-0.2, -0.15) is 0 Å². The highest BCUT2D eigenvalue weighted by Gasteiger charge is 2.33. The molecule has 1 aromatic rings. The Balaban J connectivity index is 3.24. The van der Waals surface area contributed by atoms with Crippen molar-refractivity contribution in [3.63, 3.8) is 0 Å². The van der Waals surface area contributed by atoms with E-state index in [-0.39, 0.29) is 11.3 Å². The Hall–Kier alpha value is -1.43. The van der Waals surface area contributed by atoms with Crippen LogP contribution in [0.25, 0.3) is 0 Å². The van der Waals surface area contributed by atoms with Gasteiger partial charge in [0.2, 0.25) is 0 Å². The van der Waals surface area contributed by atoms with Crippen molar-refractivity contribution in [2.45, 2.75) is 6.36 Å². The molecule has 1 rings (SSSR count). The van der Waals surface area contributed by atoms with E-state index >= 15 is 0 Å². The minimum Gasteiger partial charge on any atom is -0.496 e. The van der Waals surface area contributed by atoms with Gasteiger partial charge in [-0.1, -0.05) is 6.07 Å². The molecule has 0 radical (unpaired) electrons. The summed E-state index contributed by atoms with van der Waals surface area (Å²) in [7, 11) is 1.23. The Labute approximate surface area is 100 Å². The number of methoxy groups -OCH3 is 1. The number of hydrogen-bond acceptors (Lipinski definition) is 3. The number of carbonyl (C=O) groups is 1. The first-order valence-corrected chi connectivity index (χ1v) is 4.94. The number of Topliss-reactive ketones (excluding diaryl/α,β-unsaturated/α-hetero) is 1. The molecule has 7 heteroatoms. The van der Waals surface area contributed by atoms with E-state index in [0.29, 0.717) is 0 Å². The van der Waals surface area contributed by atoms with E-state index < -0.39 is 23.8 Å². The smallest absolute Gasteiger partial charge is 0.496 e. The molecular weight excluding hydrogens is 261 g/mol. The lowest BCUT2D eigenvalue weighted by Crippen LogP contribution is -2.19. The summed E-state index contributed by atoms with van der Waals surface area (Å²) < 4.78 is 44.9. The van der Waals surface area contributed by atoms with Crippen molar-refractivity contribution >= 4 is 17.4 Å². The van der Waals surface area contributed by atoms with E-state index in [2.05, 4.69) is 4.74 Å². The number of carbonyl (C=O) groups excluding carboxylic acids is 1. The lowest BCUT2D eigenvalue weighted by molar-refractivity contribution is -0.274. The summed E-state index contributed by atoms with van der Waals surface area (Å²) in [5.41, 5.74) is -0.317. The molecule has 0 bridgehead atoms. The van der Waals surface area contributed by atoms with Crippen molar-refractivity contribution in [3.05, 3.63) is 23.8 Å². The van der Waals surface area contributed by atoms with E-state index in [1.165, 1.54) is 19.2 Å². The van der Waals surface area contributed by atoms with E-state index in [1.807, 2.05) is 0 Å². The molecule has 0 aliphatic heterocycles. The monoisotopic (exact) mass is 268 g/mol. The predicted molar refractivity (Wildman–Crippen MR) is 54.7 cm³/mol. The molecule has 0 spiro atoms. The van der Waals surface area contributed by atoms with Crippen LogP contribution in [-0.2, 0) is 0 Å². The number of halogens is 4. The van der Waals surface area contributed by atoms with Gasteiger partial charge in [0.25, 0.3) is 0 Å². The van der Waals surface area contributed by atoms with Crippen molar-refractivity contribution in [3.8, 4) is 11.5 Å². The predicted octanol–water partition coefficient (Wildman–Crippen LogP) is 3.02. The maximum absolute atomic E-state index is 12.1. The third-order valence-electron chi connectivity index (χ3n) is 1.83. The first kappa shape index (κ1) is 13.6. The summed E-state index contributed by atoms with van der Waals surface area (Å²) in [6.07, 6.45) is -4.88. The van der Waals surface area contributed by atoms with Crippen LogP contribution in [0.3, 0.4) is 0 Å².